The van der Waals surface area contributed by atoms with Crippen LogP contribution in [0, 0.1) is 6.92 Å². The Kier molecular flexibility index (Phi) is 8.99. The Morgan fingerprint density at radius 2 is 1.82 bits per heavy atom. The monoisotopic (exact) mass is 473 g/mol. The fourth-order valence-corrected chi connectivity index (χ4v) is 4.55. The van der Waals surface area contributed by atoms with Crippen molar-refractivity contribution in [2.45, 2.75) is 37.2 Å². The van der Waals surface area contributed by atoms with Crippen molar-refractivity contribution in [2.24, 2.45) is 0 Å². The highest BCUT2D eigenvalue weighted by Crippen LogP contribution is 2.14. The van der Waals surface area contributed by atoms with E-state index in [0.717, 1.165) is 24.0 Å². The van der Waals surface area contributed by atoms with E-state index in [-0.39, 0.29) is 30.0 Å². The van der Waals surface area contributed by atoms with Gasteiger partial charge in [-0.25, -0.2) is 13.1 Å². The summed E-state index contributed by atoms with van der Waals surface area (Å²) in [4.78, 5) is 26.8. The number of aryl methyl sites for hydroxylation is 1. The Labute approximate surface area is 195 Å². The van der Waals surface area contributed by atoms with Crippen molar-refractivity contribution in [3.8, 4) is 0 Å². The summed E-state index contributed by atoms with van der Waals surface area (Å²) in [5.41, 5.74) is 2.04. The lowest BCUT2D eigenvalue weighted by molar-refractivity contribution is -0.136. The number of amides is 2. The Balaban J connectivity index is 1.55. The molecule has 1 saturated heterocycles. The minimum absolute atomic E-state index is 0.0882. The summed E-state index contributed by atoms with van der Waals surface area (Å²) in [6.45, 7) is 2.60. The Morgan fingerprint density at radius 1 is 1.09 bits per heavy atom. The number of hydrogen-bond acceptors (Lipinski definition) is 5. The van der Waals surface area contributed by atoms with Crippen LogP contribution < -0.4 is 10.0 Å². The molecule has 178 valence electrons. The van der Waals surface area contributed by atoms with Crippen LogP contribution >= 0.6 is 0 Å². The van der Waals surface area contributed by atoms with E-state index in [9.17, 15) is 18.0 Å². The van der Waals surface area contributed by atoms with Gasteiger partial charge < -0.3 is 15.0 Å². The smallest absolute Gasteiger partial charge is 0.241 e. The van der Waals surface area contributed by atoms with Crippen LogP contribution in [0.3, 0.4) is 0 Å². The molecular weight excluding hydrogens is 442 g/mol. The molecule has 3 rings (SSSR count). The molecule has 0 unspecified atom stereocenters. The highest BCUT2D eigenvalue weighted by Gasteiger charge is 2.25. The van der Waals surface area contributed by atoms with Crippen LogP contribution in [0.25, 0.3) is 0 Å². The number of sulfonamides is 1. The fraction of sp³-hybridized carbons (Fsp3) is 0.417. The molecule has 1 atom stereocenters. The topological polar surface area (TPSA) is 105 Å². The van der Waals surface area contributed by atoms with Crippen LogP contribution in [0.4, 0.5) is 0 Å². The summed E-state index contributed by atoms with van der Waals surface area (Å²) in [5.74, 6) is -0.766. The normalized spacial score (nSPS) is 15.8. The summed E-state index contributed by atoms with van der Waals surface area (Å²) in [6.07, 6.45) is 2.23. The summed E-state index contributed by atoms with van der Waals surface area (Å²) >= 11 is 0. The molecule has 2 amide bonds. The molecule has 1 aliphatic heterocycles. The SMILES string of the molecule is Cc1ccc(S(=O)(=O)NCC(=O)N(CC(=O)NCCc2ccccc2)C[C@@H]2CCCO2)cc1. The fourth-order valence-electron chi connectivity index (χ4n) is 3.58. The van der Waals surface area contributed by atoms with Crippen molar-refractivity contribution in [2.75, 3.05) is 32.8 Å². The summed E-state index contributed by atoms with van der Waals surface area (Å²) in [7, 11) is -3.84. The summed E-state index contributed by atoms with van der Waals surface area (Å²) in [5, 5.41) is 2.83. The van der Waals surface area contributed by atoms with E-state index in [1.165, 1.54) is 17.0 Å². The van der Waals surface area contributed by atoms with Gasteiger partial charge in [-0.15, -0.1) is 0 Å². The number of nitrogens with zero attached hydrogens (tertiary/aromatic N) is 1. The van der Waals surface area contributed by atoms with Crippen LogP contribution in [-0.2, 0) is 30.8 Å². The molecule has 1 fully saturated rings. The van der Waals surface area contributed by atoms with E-state index in [1.54, 1.807) is 12.1 Å². The highest BCUT2D eigenvalue weighted by molar-refractivity contribution is 7.89. The van der Waals surface area contributed by atoms with E-state index >= 15 is 0 Å². The van der Waals surface area contributed by atoms with E-state index in [0.29, 0.717) is 19.6 Å². The zero-order chi connectivity index (χ0) is 23.7. The van der Waals surface area contributed by atoms with Gasteiger partial charge in [-0.2, -0.15) is 0 Å². The number of ether oxygens (including phenoxy) is 1. The second-order valence-electron chi connectivity index (χ2n) is 8.13. The third-order valence-corrected chi connectivity index (χ3v) is 6.88. The third-order valence-electron chi connectivity index (χ3n) is 5.46. The second-order valence-corrected chi connectivity index (χ2v) is 9.90. The minimum Gasteiger partial charge on any atom is -0.376 e. The molecule has 1 heterocycles. The Hall–Kier alpha value is -2.75. The Morgan fingerprint density at radius 3 is 2.48 bits per heavy atom. The molecule has 2 aromatic rings. The average molecular weight is 474 g/mol. The van der Waals surface area contributed by atoms with Crippen LogP contribution in [-0.4, -0.2) is 64.0 Å². The quantitative estimate of drug-likeness (QED) is 0.516. The molecule has 0 radical (unpaired) electrons. The van der Waals surface area contributed by atoms with Crippen LogP contribution in [0.1, 0.15) is 24.0 Å². The molecule has 0 spiro atoms. The van der Waals surface area contributed by atoms with E-state index in [4.69, 9.17) is 4.74 Å². The molecular formula is C24H31N3O5S. The van der Waals surface area contributed by atoms with Gasteiger partial charge in [-0.3, -0.25) is 9.59 Å². The first kappa shape index (κ1) is 24.9. The van der Waals surface area contributed by atoms with Crippen LogP contribution in [0.2, 0.25) is 0 Å². The summed E-state index contributed by atoms with van der Waals surface area (Å²) < 4.78 is 33.0. The molecule has 0 saturated carbocycles. The predicted molar refractivity (Wildman–Crippen MR) is 125 cm³/mol. The third kappa shape index (κ3) is 7.96. The lowest BCUT2D eigenvalue weighted by Crippen LogP contribution is -2.48. The van der Waals surface area contributed by atoms with Gasteiger partial charge in [0, 0.05) is 19.7 Å². The van der Waals surface area contributed by atoms with E-state index < -0.39 is 22.5 Å². The molecule has 0 aliphatic carbocycles. The number of hydrogen-bond donors (Lipinski definition) is 2. The lowest BCUT2D eigenvalue weighted by atomic mass is 10.1. The molecule has 0 bridgehead atoms. The minimum atomic E-state index is -3.84. The van der Waals surface area contributed by atoms with Gasteiger partial charge >= 0.3 is 0 Å². The number of benzene rings is 2. The lowest BCUT2D eigenvalue weighted by Gasteiger charge is -2.25. The van der Waals surface area contributed by atoms with Crippen LogP contribution in [0.5, 0.6) is 0 Å². The standard InChI is InChI=1S/C24H31N3O5S/c1-19-9-11-22(12-10-19)33(30,31)26-16-24(29)27(17-21-8-5-15-32-21)18-23(28)25-14-13-20-6-3-2-4-7-20/h2-4,6-7,9-12,21,26H,5,8,13-18H2,1H3,(H,25,28)/t21-/m0/s1. The van der Waals surface area contributed by atoms with Gasteiger partial charge in [-0.05, 0) is 43.9 Å². The molecule has 0 aromatic heterocycles. The van der Waals surface area contributed by atoms with Gasteiger partial charge in [0.05, 0.1) is 24.1 Å². The van der Waals surface area contributed by atoms with Gasteiger partial charge in [0.1, 0.15) is 0 Å². The maximum atomic E-state index is 12.9. The first-order valence-electron chi connectivity index (χ1n) is 11.1. The number of nitrogens with one attached hydrogen (secondary N) is 2. The second kappa shape index (κ2) is 11.9. The zero-order valence-corrected chi connectivity index (χ0v) is 19.6. The molecule has 2 aromatic carbocycles. The zero-order valence-electron chi connectivity index (χ0n) is 18.8. The first-order chi connectivity index (χ1) is 15.8. The van der Waals surface area contributed by atoms with E-state index in [2.05, 4.69) is 10.0 Å². The largest absolute Gasteiger partial charge is 0.376 e. The maximum Gasteiger partial charge on any atom is 0.241 e. The number of carbonyl (C=O) groups is 2. The summed E-state index contributed by atoms with van der Waals surface area (Å²) in [6, 6.07) is 16.2. The van der Waals surface area contributed by atoms with Gasteiger partial charge in [0.15, 0.2) is 0 Å². The number of carbonyl (C=O) groups excluding carboxylic acids is 2. The van der Waals surface area contributed by atoms with Crippen molar-refractivity contribution < 1.29 is 22.7 Å². The van der Waals surface area contributed by atoms with Gasteiger partial charge in [0.2, 0.25) is 21.8 Å². The molecule has 8 nitrogen and oxygen atoms in total. The average Bonchev–Trinajstić information content (AvgIpc) is 3.31. The Bertz CT molecular complexity index is 1020. The van der Waals surface area contributed by atoms with Crippen LogP contribution in [0.15, 0.2) is 59.5 Å². The van der Waals surface area contributed by atoms with Gasteiger partial charge in [0.25, 0.3) is 0 Å². The first-order valence-corrected chi connectivity index (χ1v) is 12.6. The predicted octanol–water partition coefficient (Wildman–Crippen LogP) is 1.64. The number of rotatable bonds is 11. The molecule has 33 heavy (non-hydrogen) atoms. The highest BCUT2D eigenvalue weighted by atomic mass is 32.2. The van der Waals surface area contributed by atoms with Crippen molar-refractivity contribution in [1.29, 1.82) is 0 Å². The van der Waals surface area contributed by atoms with E-state index in [1.807, 2.05) is 37.3 Å². The molecule has 2 N–H and O–H groups in total. The van der Waals surface area contributed by atoms with Crippen molar-refractivity contribution in [3.05, 3.63) is 65.7 Å². The van der Waals surface area contributed by atoms with Gasteiger partial charge in [-0.1, -0.05) is 48.0 Å². The van der Waals surface area contributed by atoms with Crippen molar-refractivity contribution >= 4 is 21.8 Å². The van der Waals surface area contributed by atoms with Crippen molar-refractivity contribution in [1.82, 2.24) is 14.9 Å². The van der Waals surface area contributed by atoms with Crippen molar-refractivity contribution in [3.63, 3.8) is 0 Å². The molecule has 9 heteroatoms. The maximum absolute atomic E-state index is 12.9. The molecule has 1 aliphatic rings.